The van der Waals surface area contributed by atoms with Crippen molar-refractivity contribution >= 4 is 29.1 Å². The number of carbonyl (C=O) groups is 2. The van der Waals surface area contributed by atoms with Gasteiger partial charge in [-0.15, -0.1) is 10.2 Å². The molecule has 4 rings (SSSR count). The lowest BCUT2D eigenvalue weighted by Crippen LogP contribution is -2.23. The fourth-order valence-corrected chi connectivity index (χ4v) is 5.68. The number of methoxy groups -OCH3 is 1. The highest BCUT2D eigenvalue weighted by molar-refractivity contribution is 6.30. The maximum Gasteiger partial charge on any atom is 0.306 e. The Kier molecular flexibility index (Phi) is 17.3. The second kappa shape index (κ2) is 21.9. The molecular weight excluding hydrogens is 704 g/mol. The number of carbonyl (C=O) groups excluding carboxylic acids is 2. The fraction of sp³-hybridized carbons (Fsp3) is 0.564. The summed E-state index contributed by atoms with van der Waals surface area (Å²) < 4.78 is 40.5. The number of rotatable bonds is 24. The van der Waals surface area contributed by atoms with Gasteiger partial charge in [0, 0.05) is 48.6 Å². The van der Waals surface area contributed by atoms with Gasteiger partial charge in [0.2, 0.25) is 0 Å². The molecule has 53 heavy (non-hydrogen) atoms. The van der Waals surface area contributed by atoms with E-state index >= 15 is 0 Å². The molecule has 0 amide bonds. The average molecular weight is 757 g/mol. The van der Waals surface area contributed by atoms with E-state index in [1.54, 1.807) is 7.11 Å². The Balaban J connectivity index is 1.08. The minimum absolute atomic E-state index is 0.0637. The van der Waals surface area contributed by atoms with Crippen molar-refractivity contribution < 1.29 is 42.7 Å². The third-order valence-electron chi connectivity index (χ3n) is 7.99. The SMILES string of the molecule is COc1ccc2c(c1)C(c1ccc(Cl)cc1)=N[C@@H](CC(=O)CCCOCCOCCOCCOCCOCCCC(=O)OC(C)(C)C)c1nnc(C)n1-2. The van der Waals surface area contributed by atoms with Gasteiger partial charge in [-0.05, 0) is 70.9 Å². The number of fused-ring (bicyclic) bond motifs is 3. The summed E-state index contributed by atoms with van der Waals surface area (Å²) in [5, 5.41) is 9.42. The minimum Gasteiger partial charge on any atom is -0.497 e. The minimum atomic E-state index is -0.529. The first kappa shape index (κ1) is 42.0. The van der Waals surface area contributed by atoms with Crippen LogP contribution in [-0.4, -0.2) is 111 Å². The van der Waals surface area contributed by atoms with E-state index in [2.05, 4.69) is 10.2 Å². The molecule has 290 valence electrons. The smallest absolute Gasteiger partial charge is 0.306 e. The van der Waals surface area contributed by atoms with Crippen LogP contribution in [0.1, 0.15) is 81.7 Å². The summed E-state index contributed by atoms with van der Waals surface area (Å²) in [6, 6.07) is 12.8. The molecule has 0 saturated carbocycles. The Hall–Kier alpha value is -3.72. The number of ether oxygens (including phenoxy) is 7. The predicted molar refractivity (Wildman–Crippen MR) is 201 cm³/mol. The van der Waals surface area contributed by atoms with Gasteiger partial charge in [-0.2, -0.15) is 0 Å². The number of aromatic nitrogens is 3. The summed E-state index contributed by atoms with van der Waals surface area (Å²) in [5.74, 6) is 1.86. The van der Waals surface area contributed by atoms with Crippen LogP contribution in [-0.2, 0) is 38.0 Å². The summed E-state index contributed by atoms with van der Waals surface area (Å²) in [6.45, 7) is 12.0. The summed E-state index contributed by atoms with van der Waals surface area (Å²) in [5.41, 5.74) is 2.86. The lowest BCUT2D eigenvalue weighted by Gasteiger charge is -2.19. The normalized spacial score (nSPS) is 13.9. The molecule has 0 unspecified atom stereocenters. The molecule has 0 fully saturated rings. The molecule has 0 aliphatic carbocycles. The Morgan fingerprint density at radius 3 is 1.91 bits per heavy atom. The molecule has 0 radical (unpaired) electrons. The highest BCUT2D eigenvalue weighted by atomic mass is 35.5. The van der Waals surface area contributed by atoms with Gasteiger partial charge in [0.05, 0.1) is 71.4 Å². The van der Waals surface area contributed by atoms with Gasteiger partial charge in [-0.3, -0.25) is 19.1 Å². The molecule has 2 aromatic carbocycles. The molecule has 2 heterocycles. The van der Waals surface area contributed by atoms with E-state index in [-0.39, 0.29) is 18.2 Å². The molecule has 0 spiro atoms. The van der Waals surface area contributed by atoms with Crippen molar-refractivity contribution in [1.29, 1.82) is 0 Å². The number of hydrogen-bond donors (Lipinski definition) is 0. The summed E-state index contributed by atoms with van der Waals surface area (Å²) in [7, 11) is 1.63. The van der Waals surface area contributed by atoms with Crippen molar-refractivity contribution in [2.45, 2.75) is 71.4 Å². The van der Waals surface area contributed by atoms with E-state index in [0.29, 0.717) is 114 Å². The van der Waals surface area contributed by atoms with Gasteiger partial charge in [0.1, 0.15) is 29.0 Å². The van der Waals surface area contributed by atoms with Crippen LogP contribution < -0.4 is 4.74 Å². The van der Waals surface area contributed by atoms with Gasteiger partial charge in [-0.25, -0.2) is 0 Å². The summed E-state index contributed by atoms with van der Waals surface area (Å²) in [6.07, 6.45) is 2.08. The zero-order chi connectivity index (χ0) is 38.1. The van der Waals surface area contributed by atoms with Crippen molar-refractivity contribution in [1.82, 2.24) is 14.8 Å². The first-order valence-corrected chi connectivity index (χ1v) is 18.5. The standard InChI is InChI=1S/C39H53ClN4O9/c1-28-42-43-38-34(41-37(29-10-12-30(40)13-11-29)33-27-32(47-5)14-15-35(33)44(28)38)26-31(45)8-6-16-48-18-20-50-22-24-52-25-23-51-21-19-49-17-7-9-36(46)53-39(2,3)4/h10-15,27,34H,6-9,16-26H2,1-5H3/t34-/m0/s1. The zero-order valence-electron chi connectivity index (χ0n) is 31.6. The van der Waals surface area contributed by atoms with Crippen molar-refractivity contribution in [2.24, 2.45) is 4.99 Å². The lowest BCUT2D eigenvalue weighted by atomic mass is 9.99. The molecule has 14 heteroatoms. The lowest BCUT2D eigenvalue weighted by molar-refractivity contribution is -0.155. The van der Waals surface area contributed by atoms with E-state index < -0.39 is 11.6 Å². The molecular formula is C39H53ClN4O9. The van der Waals surface area contributed by atoms with Crippen LogP contribution >= 0.6 is 11.6 Å². The number of benzene rings is 2. The van der Waals surface area contributed by atoms with Crippen LogP contribution in [0.3, 0.4) is 0 Å². The molecule has 1 aromatic heterocycles. The van der Waals surface area contributed by atoms with Crippen molar-refractivity contribution in [3.63, 3.8) is 0 Å². The first-order valence-electron chi connectivity index (χ1n) is 18.1. The second-order valence-electron chi connectivity index (χ2n) is 13.4. The number of esters is 1. The van der Waals surface area contributed by atoms with Gasteiger partial charge < -0.3 is 33.2 Å². The van der Waals surface area contributed by atoms with Crippen molar-refractivity contribution in [3.8, 4) is 11.4 Å². The topological polar surface area (TPSA) is 142 Å². The Labute approximate surface area is 317 Å². The maximum absolute atomic E-state index is 13.2. The quantitative estimate of drug-likeness (QED) is 0.0776. The molecule has 0 bridgehead atoms. The molecule has 0 N–H and O–H groups in total. The second-order valence-corrected chi connectivity index (χ2v) is 13.9. The van der Waals surface area contributed by atoms with Crippen LogP contribution in [0.15, 0.2) is 47.5 Å². The van der Waals surface area contributed by atoms with Crippen molar-refractivity contribution in [2.75, 3.05) is 73.2 Å². The van der Waals surface area contributed by atoms with Gasteiger partial charge in [-0.1, -0.05) is 23.7 Å². The van der Waals surface area contributed by atoms with Crippen LogP contribution in [0, 0.1) is 6.92 Å². The predicted octanol–water partition coefficient (Wildman–Crippen LogP) is 6.07. The molecule has 1 aliphatic rings. The Bertz CT molecular complexity index is 1620. The Morgan fingerprint density at radius 2 is 1.34 bits per heavy atom. The number of ketones is 1. The van der Waals surface area contributed by atoms with Crippen LogP contribution in [0.2, 0.25) is 5.02 Å². The van der Waals surface area contributed by atoms with Crippen LogP contribution in [0.4, 0.5) is 0 Å². The molecule has 1 atom stereocenters. The Morgan fingerprint density at radius 1 is 0.774 bits per heavy atom. The molecule has 1 aliphatic heterocycles. The van der Waals surface area contributed by atoms with E-state index in [0.717, 1.165) is 22.5 Å². The van der Waals surface area contributed by atoms with E-state index in [1.165, 1.54) is 0 Å². The third-order valence-corrected chi connectivity index (χ3v) is 8.25. The summed E-state index contributed by atoms with van der Waals surface area (Å²) in [4.78, 5) is 30.0. The van der Waals surface area contributed by atoms with E-state index in [4.69, 9.17) is 49.8 Å². The molecule has 0 saturated heterocycles. The van der Waals surface area contributed by atoms with Gasteiger partial charge in [0.15, 0.2) is 5.82 Å². The third kappa shape index (κ3) is 14.2. The number of Topliss-reactive ketones (excluding diaryl/α,β-unsaturated/α-hetero) is 1. The van der Waals surface area contributed by atoms with Gasteiger partial charge in [0.25, 0.3) is 0 Å². The monoisotopic (exact) mass is 756 g/mol. The maximum atomic E-state index is 13.2. The highest BCUT2D eigenvalue weighted by Crippen LogP contribution is 2.34. The molecule has 13 nitrogen and oxygen atoms in total. The highest BCUT2D eigenvalue weighted by Gasteiger charge is 2.30. The van der Waals surface area contributed by atoms with Crippen LogP contribution in [0.5, 0.6) is 5.75 Å². The number of hydrogen-bond acceptors (Lipinski definition) is 12. The first-order chi connectivity index (χ1) is 25.6. The number of aliphatic imine (C=N–C) groups is 1. The fourth-order valence-electron chi connectivity index (χ4n) is 5.56. The number of nitrogens with zero attached hydrogens (tertiary/aromatic N) is 4. The number of aryl methyl sites for hydroxylation is 1. The zero-order valence-corrected chi connectivity index (χ0v) is 32.3. The molecule has 3 aromatic rings. The number of halogens is 1. The van der Waals surface area contributed by atoms with Crippen molar-refractivity contribution in [3.05, 3.63) is 70.3 Å². The van der Waals surface area contributed by atoms with Gasteiger partial charge >= 0.3 is 5.97 Å². The van der Waals surface area contributed by atoms with Crippen LogP contribution in [0.25, 0.3) is 5.69 Å². The summed E-state index contributed by atoms with van der Waals surface area (Å²) >= 11 is 6.20. The van der Waals surface area contributed by atoms with E-state index in [1.807, 2.05) is 74.7 Å². The largest absolute Gasteiger partial charge is 0.497 e. The average Bonchev–Trinajstić information content (AvgIpc) is 3.44. The van der Waals surface area contributed by atoms with E-state index in [9.17, 15) is 9.59 Å².